The first-order valence-corrected chi connectivity index (χ1v) is 6.99. The number of ether oxygens (including phenoxy) is 1. The van der Waals surface area contributed by atoms with E-state index in [1.807, 2.05) is 13.8 Å². The van der Waals surface area contributed by atoms with Gasteiger partial charge in [-0.05, 0) is 23.6 Å². The lowest BCUT2D eigenvalue weighted by atomic mass is 9.61. The summed E-state index contributed by atoms with van der Waals surface area (Å²) in [6, 6.07) is 5.86. The van der Waals surface area contributed by atoms with E-state index in [-0.39, 0.29) is 30.0 Å². The number of carbonyl (C=O) groups excluding carboxylic acids is 2. The van der Waals surface area contributed by atoms with Crippen molar-refractivity contribution in [1.82, 2.24) is 5.32 Å². The molecule has 0 spiro atoms. The lowest BCUT2D eigenvalue weighted by Crippen LogP contribution is -2.54. The van der Waals surface area contributed by atoms with Gasteiger partial charge in [-0.3, -0.25) is 14.9 Å². The Morgan fingerprint density at radius 2 is 1.95 bits per heavy atom. The second-order valence-corrected chi connectivity index (χ2v) is 5.89. The van der Waals surface area contributed by atoms with Crippen molar-refractivity contribution in [3.8, 4) is 0 Å². The Labute approximate surface area is 123 Å². The average molecular weight is 293 g/mol. The first kappa shape index (κ1) is 15.6. The van der Waals surface area contributed by atoms with Gasteiger partial charge in [-0.2, -0.15) is 0 Å². The van der Waals surface area contributed by atoms with Crippen molar-refractivity contribution in [2.24, 2.45) is 11.3 Å². The molecule has 0 saturated carbocycles. The van der Waals surface area contributed by atoms with E-state index in [1.54, 1.807) is 19.2 Å². The molecule has 1 heterocycles. The summed E-state index contributed by atoms with van der Waals surface area (Å²) >= 11 is 0. The SMILES string of the molecule is COCC1(C(C)C)CC(=O)NC(=O)C1c1ccc(F)cc1. The van der Waals surface area contributed by atoms with E-state index in [2.05, 4.69) is 5.32 Å². The largest absolute Gasteiger partial charge is 0.384 e. The van der Waals surface area contributed by atoms with Crippen molar-refractivity contribution in [1.29, 1.82) is 0 Å². The molecule has 2 unspecified atom stereocenters. The van der Waals surface area contributed by atoms with Crippen molar-refractivity contribution >= 4 is 11.8 Å². The van der Waals surface area contributed by atoms with Crippen LogP contribution in [0.2, 0.25) is 0 Å². The van der Waals surface area contributed by atoms with Crippen molar-refractivity contribution < 1.29 is 18.7 Å². The number of nitrogens with one attached hydrogen (secondary N) is 1. The highest BCUT2D eigenvalue weighted by Gasteiger charge is 2.51. The first-order valence-electron chi connectivity index (χ1n) is 6.99. The van der Waals surface area contributed by atoms with Gasteiger partial charge in [0.2, 0.25) is 11.8 Å². The maximum Gasteiger partial charge on any atom is 0.234 e. The minimum atomic E-state index is -0.619. The smallest absolute Gasteiger partial charge is 0.234 e. The molecule has 0 bridgehead atoms. The second-order valence-electron chi connectivity index (χ2n) is 5.89. The molecular formula is C16H20FNO3. The highest BCUT2D eigenvalue weighted by atomic mass is 19.1. The van der Waals surface area contributed by atoms with E-state index in [4.69, 9.17) is 4.74 Å². The molecule has 1 aliphatic heterocycles. The summed E-state index contributed by atoms with van der Waals surface area (Å²) in [6.45, 7) is 4.24. The zero-order valence-electron chi connectivity index (χ0n) is 12.5. The van der Waals surface area contributed by atoms with Crippen LogP contribution < -0.4 is 5.32 Å². The van der Waals surface area contributed by atoms with Crippen molar-refractivity contribution in [3.05, 3.63) is 35.6 Å². The lowest BCUT2D eigenvalue weighted by molar-refractivity contribution is -0.145. The van der Waals surface area contributed by atoms with Crippen LogP contribution in [-0.4, -0.2) is 25.5 Å². The summed E-state index contributed by atoms with van der Waals surface area (Å²) in [6.07, 6.45) is 0.215. The van der Waals surface area contributed by atoms with Gasteiger partial charge >= 0.3 is 0 Å². The molecule has 21 heavy (non-hydrogen) atoms. The minimum absolute atomic E-state index is 0.0579. The van der Waals surface area contributed by atoms with Crippen LogP contribution in [0.3, 0.4) is 0 Å². The third kappa shape index (κ3) is 2.83. The average Bonchev–Trinajstić information content (AvgIpc) is 2.40. The van der Waals surface area contributed by atoms with Gasteiger partial charge in [0.15, 0.2) is 0 Å². The molecule has 0 radical (unpaired) electrons. The zero-order valence-corrected chi connectivity index (χ0v) is 12.5. The Kier molecular flexibility index (Phi) is 4.42. The Hall–Kier alpha value is -1.75. The first-order chi connectivity index (χ1) is 9.90. The lowest BCUT2D eigenvalue weighted by Gasteiger charge is -2.45. The number of rotatable bonds is 4. The molecule has 114 valence electrons. The monoisotopic (exact) mass is 293 g/mol. The van der Waals surface area contributed by atoms with E-state index in [0.717, 1.165) is 0 Å². The Balaban J connectivity index is 2.52. The van der Waals surface area contributed by atoms with Crippen molar-refractivity contribution in [2.45, 2.75) is 26.2 Å². The van der Waals surface area contributed by atoms with Gasteiger partial charge in [0, 0.05) is 18.9 Å². The molecule has 1 N–H and O–H groups in total. The quantitative estimate of drug-likeness (QED) is 0.866. The standard InChI is InChI=1S/C16H20FNO3/c1-10(2)16(9-21-3)8-13(19)18-15(20)14(16)11-4-6-12(17)7-5-11/h4-7,10,14H,8-9H2,1-3H3,(H,18,19,20). The van der Waals surface area contributed by atoms with Gasteiger partial charge in [-0.25, -0.2) is 4.39 Å². The van der Waals surface area contributed by atoms with Crippen molar-refractivity contribution in [3.63, 3.8) is 0 Å². The number of benzene rings is 1. The van der Waals surface area contributed by atoms with Gasteiger partial charge in [-0.1, -0.05) is 26.0 Å². The van der Waals surface area contributed by atoms with Crippen LogP contribution >= 0.6 is 0 Å². The number of carbonyl (C=O) groups is 2. The summed E-state index contributed by atoms with van der Waals surface area (Å²) in [7, 11) is 1.56. The molecule has 2 rings (SSSR count). The summed E-state index contributed by atoms with van der Waals surface area (Å²) < 4.78 is 18.4. The molecule has 4 nitrogen and oxygen atoms in total. The number of piperidine rings is 1. The molecule has 0 aromatic heterocycles. The predicted octanol–water partition coefficient (Wildman–Crippen LogP) is 2.24. The highest BCUT2D eigenvalue weighted by Crippen LogP contribution is 2.47. The zero-order chi connectivity index (χ0) is 15.6. The number of imide groups is 1. The van der Waals surface area contributed by atoms with Crippen LogP contribution in [0.15, 0.2) is 24.3 Å². The number of hydrogen-bond acceptors (Lipinski definition) is 3. The molecule has 0 aliphatic carbocycles. The van der Waals surface area contributed by atoms with Gasteiger partial charge in [0.1, 0.15) is 5.82 Å². The van der Waals surface area contributed by atoms with Gasteiger partial charge in [-0.15, -0.1) is 0 Å². The fourth-order valence-corrected chi connectivity index (χ4v) is 3.16. The summed E-state index contributed by atoms with van der Waals surface area (Å²) in [4.78, 5) is 24.3. The summed E-state index contributed by atoms with van der Waals surface area (Å²) in [5.41, 5.74) is 0.0820. The maximum atomic E-state index is 13.1. The normalized spacial score (nSPS) is 26.0. The summed E-state index contributed by atoms with van der Waals surface area (Å²) in [5.74, 6) is -1.46. The van der Waals surface area contributed by atoms with E-state index in [0.29, 0.717) is 12.2 Å². The van der Waals surface area contributed by atoms with Crippen LogP contribution in [-0.2, 0) is 14.3 Å². The fraction of sp³-hybridized carbons (Fsp3) is 0.500. The number of methoxy groups -OCH3 is 1. The topological polar surface area (TPSA) is 55.4 Å². The summed E-state index contributed by atoms with van der Waals surface area (Å²) in [5, 5.41) is 2.38. The number of hydrogen-bond donors (Lipinski definition) is 1. The van der Waals surface area contributed by atoms with Crippen LogP contribution in [0, 0.1) is 17.2 Å². The Morgan fingerprint density at radius 3 is 2.48 bits per heavy atom. The molecular weight excluding hydrogens is 273 g/mol. The van der Waals surface area contributed by atoms with E-state index < -0.39 is 11.3 Å². The molecule has 1 aliphatic rings. The van der Waals surface area contributed by atoms with Gasteiger partial charge in [0.25, 0.3) is 0 Å². The van der Waals surface area contributed by atoms with Gasteiger partial charge in [0.05, 0.1) is 12.5 Å². The third-order valence-electron chi connectivity index (χ3n) is 4.36. The van der Waals surface area contributed by atoms with E-state index in [9.17, 15) is 14.0 Å². The minimum Gasteiger partial charge on any atom is -0.384 e. The molecule has 2 atom stereocenters. The molecule has 2 amide bonds. The second kappa shape index (κ2) is 5.93. The highest BCUT2D eigenvalue weighted by molar-refractivity contribution is 6.02. The Morgan fingerprint density at radius 1 is 1.33 bits per heavy atom. The van der Waals surface area contributed by atoms with Gasteiger partial charge < -0.3 is 4.74 Å². The Bertz CT molecular complexity index is 541. The fourth-order valence-electron chi connectivity index (χ4n) is 3.16. The number of amides is 2. The third-order valence-corrected chi connectivity index (χ3v) is 4.36. The molecule has 1 saturated heterocycles. The van der Waals surface area contributed by atoms with Crippen molar-refractivity contribution in [2.75, 3.05) is 13.7 Å². The predicted molar refractivity (Wildman–Crippen MR) is 76.1 cm³/mol. The molecule has 1 aromatic carbocycles. The van der Waals surface area contributed by atoms with E-state index in [1.165, 1.54) is 12.1 Å². The number of halogens is 1. The van der Waals surface area contributed by atoms with Crippen LogP contribution in [0.1, 0.15) is 31.7 Å². The van der Waals surface area contributed by atoms with E-state index >= 15 is 0 Å². The molecule has 1 fully saturated rings. The maximum absolute atomic E-state index is 13.1. The molecule has 1 aromatic rings. The molecule has 5 heteroatoms. The van der Waals surface area contributed by atoms with Crippen LogP contribution in [0.5, 0.6) is 0 Å². The van der Waals surface area contributed by atoms with Crippen LogP contribution in [0.25, 0.3) is 0 Å². The van der Waals surface area contributed by atoms with Crippen LogP contribution in [0.4, 0.5) is 4.39 Å².